The van der Waals surface area contributed by atoms with Crippen LogP contribution in [0.2, 0.25) is 0 Å². The van der Waals surface area contributed by atoms with Crippen molar-refractivity contribution >= 4 is 20.8 Å². The minimum absolute atomic E-state index is 0.0577. The molecule has 112 valence electrons. The summed E-state index contributed by atoms with van der Waals surface area (Å²) in [6.45, 7) is 1.78. The summed E-state index contributed by atoms with van der Waals surface area (Å²) in [7, 11) is -3.46. The van der Waals surface area contributed by atoms with Gasteiger partial charge in [-0.05, 0) is 31.4 Å². The number of hydrogen-bond acceptors (Lipinski definition) is 5. The highest BCUT2D eigenvalue weighted by Gasteiger charge is 2.40. The van der Waals surface area contributed by atoms with E-state index in [0.717, 1.165) is 0 Å². The van der Waals surface area contributed by atoms with Crippen molar-refractivity contribution in [1.29, 1.82) is 0 Å². The van der Waals surface area contributed by atoms with Gasteiger partial charge in [-0.1, -0.05) is 0 Å². The predicted molar refractivity (Wildman–Crippen MR) is 78.6 cm³/mol. The fourth-order valence-electron chi connectivity index (χ4n) is 3.03. The number of sulfone groups is 1. The van der Waals surface area contributed by atoms with Crippen LogP contribution in [0.4, 0.5) is 0 Å². The molecule has 7 heteroatoms. The van der Waals surface area contributed by atoms with Crippen molar-refractivity contribution in [2.45, 2.75) is 44.0 Å². The van der Waals surface area contributed by atoms with Crippen LogP contribution in [-0.2, 0) is 21.2 Å². The van der Waals surface area contributed by atoms with Crippen LogP contribution in [0.5, 0.6) is 0 Å². The average molecular weight is 307 g/mol. The monoisotopic (exact) mass is 307 g/mol. The summed E-state index contributed by atoms with van der Waals surface area (Å²) in [6.07, 6.45) is 3.35. The van der Waals surface area contributed by atoms with E-state index >= 15 is 0 Å². The molecule has 0 spiro atoms. The molecule has 3 rings (SSSR count). The lowest BCUT2D eigenvalue weighted by Gasteiger charge is -2.13. The first-order chi connectivity index (χ1) is 9.98. The van der Waals surface area contributed by atoms with E-state index in [1.807, 2.05) is 0 Å². The molecule has 1 aliphatic carbocycles. The van der Waals surface area contributed by atoms with E-state index in [9.17, 15) is 13.2 Å². The molecule has 2 atom stereocenters. The summed E-state index contributed by atoms with van der Waals surface area (Å²) in [5.41, 5.74) is 1.34. The highest BCUT2D eigenvalue weighted by Crippen LogP contribution is 2.30. The number of nitrogens with zero attached hydrogens (tertiary/aromatic N) is 2. The highest BCUT2D eigenvalue weighted by atomic mass is 32.2. The third-order valence-electron chi connectivity index (χ3n) is 3.99. The number of aromatic nitrogens is 1. The van der Waals surface area contributed by atoms with Gasteiger partial charge in [0.25, 0.3) is 0 Å². The minimum atomic E-state index is -3.46. The Morgan fingerprint density at radius 2 is 2.19 bits per heavy atom. The number of hydrogen-bond donors (Lipinski definition) is 1. The minimum Gasteiger partial charge on any atom is -0.354 e. The molecule has 21 heavy (non-hydrogen) atoms. The number of amides is 1. The lowest BCUT2D eigenvalue weighted by Crippen LogP contribution is -2.33. The van der Waals surface area contributed by atoms with Gasteiger partial charge in [0.05, 0.1) is 17.5 Å². The number of pyridine rings is 1. The summed E-state index contributed by atoms with van der Waals surface area (Å²) < 4.78 is 25.5. The van der Waals surface area contributed by atoms with E-state index in [-0.39, 0.29) is 17.0 Å². The van der Waals surface area contributed by atoms with Gasteiger partial charge in [0, 0.05) is 24.7 Å². The van der Waals surface area contributed by atoms with Crippen molar-refractivity contribution in [3.8, 4) is 0 Å². The maximum absolute atomic E-state index is 12.8. The standard InChI is InChI=1S/C14H17N3O3S/c1-9(18)17-10-4-5-11(7-10)21(19,20)14-12-3-2-6-15-13(12)8-16-14/h2-3,6,10-11H,4-5,7-8H2,1H3,(H,17,18)/t10-,11?/m1/s1. The maximum Gasteiger partial charge on any atom is 0.217 e. The lowest BCUT2D eigenvalue weighted by molar-refractivity contribution is -0.119. The number of aliphatic imine (C=N–C) groups is 1. The Morgan fingerprint density at radius 3 is 2.95 bits per heavy atom. The van der Waals surface area contributed by atoms with Gasteiger partial charge in [0.2, 0.25) is 5.91 Å². The molecule has 1 aromatic heterocycles. The summed E-state index contributed by atoms with van der Waals surface area (Å²) >= 11 is 0. The molecule has 2 aliphatic rings. The Labute approximate surface area is 123 Å². The van der Waals surface area contributed by atoms with Crippen LogP contribution in [0.1, 0.15) is 37.4 Å². The van der Waals surface area contributed by atoms with Crippen LogP contribution in [0, 0.1) is 0 Å². The first-order valence-corrected chi connectivity index (χ1v) is 8.53. The van der Waals surface area contributed by atoms with Gasteiger partial charge in [-0.3, -0.25) is 14.8 Å². The Hall–Kier alpha value is -1.76. The summed E-state index contributed by atoms with van der Waals surface area (Å²) in [4.78, 5) is 19.4. The molecule has 1 N–H and O–H groups in total. The van der Waals surface area contributed by atoms with Crippen molar-refractivity contribution in [1.82, 2.24) is 10.3 Å². The van der Waals surface area contributed by atoms with Crippen LogP contribution in [0.15, 0.2) is 23.3 Å². The molecule has 1 unspecified atom stereocenters. The van der Waals surface area contributed by atoms with Gasteiger partial charge in [0.15, 0.2) is 14.9 Å². The Balaban J connectivity index is 1.82. The van der Waals surface area contributed by atoms with E-state index < -0.39 is 15.1 Å². The fourth-order valence-corrected chi connectivity index (χ4v) is 5.02. The molecule has 0 radical (unpaired) electrons. The van der Waals surface area contributed by atoms with Gasteiger partial charge < -0.3 is 5.32 Å². The second-order valence-corrected chi connectivity index (χ2v) is 7.64. The van der Waals surface area contributed by atoms with Gasteiger partial charge in [0.1, 0.15) is 0 Å². The third-order valence-corrected chi connectivity index (χ3v) is 6.19. The molecule has 0 aromatic carbocycles. The van der Waals surface area contributed by atoms with Crippen LogP contribution in [0.25, 0.3) is 0 Å². The zero-order valence-electron chi connectivity index (χ0n) is 11.7. The van der Waals surface area contributed by atoms with E-state index in [4.69, 9.17) is 0 Å². The molecule has 6 nitrogen and oxygen atoms in total. The molecular weight excluding hydrogens is 290 g/mol. The van der Waals surface area contributed by atoms with Crippen molar-refractivity contribution in [3.63, 3.8) is 0 Å². The molecule has 0 bridgehead atoms. The number of carbonyl (C=O) groups is 1. The predicted octanol–water partition coefficient (Wildman–Crippen LogP) is 0.814. The second kappa shape index (κ2) is 5.22. The first kappa shape index (κ1) is 14.2. The molecule has 0 saturated heterocycles. The van der Waals surface area contributed by atoms with E-state index in [1.165, 1.54) is 6.92 Å². The van der Waals surface area contributed by atoms with Crippen LogP contribution < -0.4 is 5.32 Å². The zero-order valence-corrected chi connectivity index (χ0v) is 12.6. The SMILES string of the molecule is CC(=O)N[C@@H]1CCC(S(=O)(=O)C2=NCc3ncccc32)C1. The maximum atomic E-state index is 12.8. The largest absolute Gasteiger partial charge is 0.354 e. The normalized spacial score (nSPS) is 24.5. The quantitative estimate of drug-likeness (QED) is 0.876. The number of carbonyl (C=O) groups excluding carboxylic acids is 1. The highest BCUT2D eigenvalue weighted by molar-refractivity contribution is 8.07. The smallest absolute Gasteiger partial charge is 0.217 e. The Morgan fingerprint density at radius 1 is 1.38 bits per heavy atom. The van der Waals surface area contributed by atoms with Crippen molar-refractivity contribution in [2.24, 2.45) is 4.99 Å². The fraction of sp³-hybridized carbons (Fsp3) is 0.500. The van der Waals surface area contributed by atoms with Crippen LogP contribution in [-0.4, -0.2) is 35.6 Å². The topological polar surface area (TPSA) is 88.5 Å². The summed E-state index contributed by atoms with van der Waals surface area (Å²) in [6, 6.07) is 3.42. The Bertz CT molecular complexity index is 712. The summed E-state index contributed by atoms with van der Waals surface area (Å²) in [5.74, 6) is -0.120. The van der Waals surface area contributed by atoms with E-state index in [1.54, 1.807) is 18.3 Å². The van der Waals surface area contributed by atoms with Gasteiger partial charge in [-0.2, -0.15) is 0 Å². The van der Waals surface area contributed by atoms with Gasteiger partial charge >= 0.3 is 0 Å². The van der Waals surface area contributed by atoms with Gasteiger partial charge in [-0.15, -0.1) is 0 Å². The molecule has 1 aromatic rings. The Kier molecular flexibility index (Phi) is 3.52. The van der Waals surface area contributed by atoms with Crippen molar-refractivity contribution < 1.29 is 13.2 Å². The lowest BCUT2D eigenvalue weighted by atomic mass is 10.2. The van der Waals surface area contributed by atoms with E-state index in [0.29, 0.717) is 37.1 Å². The number of fused-ring (bicyclic) bond motifs is 1. The molecule has 1 aliphatic heterocycles. The number of nitrogens with one attached hydrogen (secondary N) is 1. The second-order valence-electron chi connectivity index (χ2n) is 5.50. The van der Waals surface area contributed by atoms with Crippen molar-refractivity contribution in [2.75, 3.05) is 0 Å². The average Bonchev–Trinajstić information content (AvgIpc) is 3.04. The van der Waals surface area contributed by atoms with Crippen LogP contribution in [0.3, 0.4) is 0 Å². The van der Waals surface area contributed by atoms with Crippen LogP contribution >= 0.6 is 0 Å². The molecule has 1 fully saturated rings. The van der Waals surface area contributed by atoms with Crippen molar-refractivity contribution in [3.05, 3.63) is 29.6 Å². The molecular formula is C14H17N3O3S. The van der Waals surface area contributed by atoms with E-state index in [2.05, 4.69) is 15.3 Å². The molecule has 2 heterocycles. The first-order valence-electron chi connectivity index (χ1n) is 6.98. The summed E-state index contributed by atoms with van der Waals surface area (Å²) in [5, 5.41) is 2.49. The third kappa shape index (κ3) is 2.57. The number of rotatable bonds is 2. The van der Waals surface area contributed by atoms with Gasteiger partial charge in [-0.25, -0.2) is 8.42 Å². The molecule has 1 saturated carbocycles. The molecule has 1 amide bonds. The zero-order chi connectivity index (χ0) is 15.0.